The summed E-state index contributed by atoms with van der Waals surface area (Å²) in [5.74, 6) is 2.14. The van der Waals surface area contributed by atoms with Crippen LogP contribution in [-0.4, -0.2) is 36.9 Å². The van der Waals surface area contributed by atoms with Gasteiger partial charge < -0.3 is 19.3 Å². The lowest BCUT2D eigenvalue weighted by atomic mass is 9.79. The van der Waals surface area contributed by atoms with E-state index in [9.17, 15) is 0 Å². The molecular weight excluding hydrogens is 354 g/mol. The molecule has 1 aliphatic rings. The van der Waals surface area contributed by atoms with Gasteiger partial charge in [-0.2, -0.15) is 4.98 Å². The maximum atomic E-state index is 5.79. The van der Waals surface area contributed by atoms with Crippen LogP contribution in [-0.2, 0) is 16.8 Å². The minimum atomic E-state index is -0.200. The van der Waals surface area contributed by atoms with Crippen LogP contribution in [0.2, 0.25) is 0 Å². The van der Waals surface area contributed by atoms with Crippen molar-refractivity contribution in [2.24, 2.45) is 0 Å². The number of nitrogens with one attached hydrogen (secondary N) is 1. The molecule has 0 spiro atoms. The fraction of sp³-hybridized carbons (Fsp3) is 0.364. The van der Waals surface area contributed by atoms with E-state index in [0.717, 1.165) is 42.8 Å². The third-order valence-corrected chi connectivity index (χ3v) is 5.22. The second-order valence-corrected chi connectivity index (χ2v) is 7.19. The van der Waals surface area contributed by atoms with Crippen molar-refractivity contribution in [3.8, 4) is 17.1 Å². The molecule has 0 unspecified atom stereocenters. The molecule has 1 aromatic heterocycles. The summed E-state index contributed by atoms with van der Waals surface area (Å²) >= 11 is 0. The topological polar surface area (TPSA) is 69.4 Å². The molecule has 0 saturated carbocycles. The van der Waals surface area contributed by atoms with Crippen LogP contribution in [0.1, 0.15) is 24.3 Å². The predicted molar refractivity (Wildman–Crippen MR) is 106 cm³/mol. The highest BCUT2D eigenvalue weighted by Crippen LogP contribution is 2.33. The average Bonchev–Trinajstić information content (AvgIpc) is 3.25. The van der Waals surface area contributed by atoms with Crippen LogP contribution >= 0.6 is 0 Å². The number of ether oxygens (including phenoxy) is 2. The summed E-state index contributed by atoms with van der Waals surface area (Å²) in [5, 5.41) is 7.60. The van der Waals surface area contributed by atoms with Crippen LogP contribution in [0.3, 0.4) is 0 Å². The number of methoxy groups -OCH3 is 1. The van der Waals surface area contributed by atoms with Gasteiger partial charge in [0, 0.05) is 12.7 Å². The van der Waals surface area contributed by atoms with Crippen molar-refractivity contribution in [3.63, 3.8) is 0 Å². The zero-order valence-corrected chi connectivity index (χ0v) is 16.1. The summed E-state index contributed by atoms with van der Waals surface area (Å²) in [6.45, 7) is 2.96. The lowest BCUT2D eigenvalue weighted by molar-refractivity contribution is 0.0850. The minimum Gasteiger partial charge on any atom is -0.489 e. The maximum Gasteiger partial charge on any atom is 0.235 e. The zero-order valence-electron chi connectivity index (χ0n) is 16.1. The smallest absolute Gasteiger partial charge is 0.235 e. The normalized spacial score (nSPS) is 16.0. The van der Waals surface area contributed by atoms with Crippen molar-refractivity contribution in [2.45, 2.75) is 24.9 Å². The fourth-order valence-corrected chi connectivity index (χ4v) is 3.59. The van der Waals surface area contributed by atoms with Gasteiger partial charge in [0.1, 0.15) is 12.4 Å². The summed E-state index contributed by atoms with van der Waals surface area (Å²) in [5.41, 5.74) is 1.82. The van der Waals surface area contributed by atoms with Crippen molar-refractivity contribution in [2.75, 3.05) is 26.8 Å². The Morgan fingerprint density at radius 1 is 1.04 bits per heavy atom. The van der Waals surface area contributed by atoms with Gasteiger partial charge in [-0.15, -0.1) is 0 Å². The van der Waals surface area contributed by atoms with Crippen molar-refractivity contribution in [1.82, 2.24) is 15.5 Å². The molecular formula is C22H25N3O3. The van der Waals surface area contributed by atoms with E-state index in [-0.39, 0.29) is 5.41 Å². The van der Waals surface area contributed by atoms with Gasteiger partial charge in [-0.05, 0) is 43.6 Å². The Bertz CT molecular complexity index is 866. The van der Waals surface area contributed by atoms with E-state index < -0.39 is 0 Å². The largest absolute Gasteiger partial charge is 0.489 e. The highest BCUT2D eigenvalue weighted by atomic mass is 16.5. The SMILES string of the molecule is COCC1(c2nc(-c3ccc(COc4ccccc4)cc3)no2)CCNCC1. The lowest BCUT2D eigenvalue weighted by Gasteiger charge is -2.33. The van der Waals surface area contributed by atoms with Gasteiger partial charge >= 0.3 is 0 Å². The van der Waals surface area contributed by atoms with Gasteiger partial charge in [-0.1, -0.05) is 47.6 Å². The first-order valence-electron chi connectivity index (χ1n) is 9.60. The van der Waals surface area contributed by atoms with Crippen LogP contribution in [0.15, 0.2) is 59.1 Å². The maximum absolute atomic E-state index is 5.79. The van der Waals surface area contributed by atoms with Gasteiger partial charge in [-0.3, -0.25) is 0 Å². The number of rotatable bonds is 7. The second-order valence-electron chi connectivity index (χ2n) is 7.19. The van der Waals surface area contributed by atoms with Crippen LogP contribution < -0.4 is 10.1 Å². The minimum absolute atomic E-state index is 0.200. The number of hydrogen-bond acceptors (Lipinski definition) is 6. The molecule has 0 radical (unpaired) electrons. The third kappa shape index (κ3) is 4.08. The van der Waals surface area contributed by atoms with E-state index in [0.29, 0.717) is 24.9 Å². The summed E-state index contributed by atoms with van der Waals surface area (Å²) in [6.07, 6.45) is 1.86. The fourth-order valence-electron chi connectivity index (χ4n) is 3.59. The Kier molecular flexibility index (Phi) is 5.69. The molecule has 2 aromatic carbocycles. The molecule has 0 atom stereocenters. The van der Waals surface area contributed by atoms with Gasteiger partial charge in [-0.25, -0.2) is 0 Å². The molecule has 1 N–H and O–H groups in total. The first-order chi connectivity index (χ1) is 13.8. The molecule has 1 fully saturated rings. The molecule has 1 aliphatic heterocycles. The van der Waals surface area contributed by atoms with Crippen LogP contribution in [0.4, 0.5) is 0 Å². The molecule has 1 saturated heterocycles. The summed E-state index contributed by atoms with van der Waals surface area (Å²) in [6, 6.07) is 17.9. The summed E-state index contributed by atoms with van der Waals surface area (Å²) < 4.78 is 16.9. The van der Waals surface area contributed by atoms with E-state index in [1.54, 1.807) is 7.11 Å². The first-order valence-corrected chi connectivity index (χ1v) is 9.60. The van der Waals surface area contributed by atoms with Crippen molar-refractivity contribution >= 4 is 0 Å². The highest BCUT2D eigenvalue weighted by molar-refractivity contribution is 5.54. The van der Waals surface area contributed by atoms with E-state index in [2.05, 4.69) is 10.5 Å². The van der Waals surface area contributed by atoms with Gasteiger partial charge in [0.2, 0.25) is 11.7 Å². The quantitative estimate of drug-likeness (QED) is 0.677. The summed E-state index contributed by atoms with van der Waals surface area (Å²) in [4.78, 5) is 4.70. The van der Waals surface area contributed by atoms with Crippen LogP contribution in [0.25, 0.3) is 11.4 Å². The molecule has 146 valence electrons. The lowest BCUT2D eigenvalue weighted by Crippen LogP contribution is -2.43. The molecule has 28 heavy (non-hydrogen) atoms. The zero-order chi connectivity index (χ0) is 19.2. The van der Waals surface area contributed by atoms with E-state index >= 15 is 0 Å². The molecule has 6 heteroatoms. The Labute approximate surface area is 164 Å². The number of para-hydroxylation sites is 1. The van der Waals surface area contributed by atoms with Crippen molar-refractivity contribution < 1.29 is 14.0 Å². The number of aromatic nitrogens is 2. The second kappa shape index (κ2) is 8.54. The van der Waals surface area contributed by atoms with Crippen LogP contribution in [0.5, 0.6) is 5.75 Å². The van der Waals surface area contributed by atoms with Crippen molar-refractivity contribution in [3.05, 3.63) is 66.1 Å². The number of benzene rings is 2. The van der Waals surface area contributed by atoms with Gasteiger partial charge in [0.05, 0.1) is 12.0 Å². The molecule has 0 bridgehead atoms. The number of hydrogen-bond donors (Lipinski definition) is 1. The standard InChI is InChI=1S/C22H25N3O3/c1-26-16-22(11-13-23-14-12-22)21-24-20(25-28-21)18-9-7-17(8-10-18)15-27-19-5-3-2-4-6-19/h2-10,23H,11-16H2,1H3. The molecule has 3 aromatic rings. The molecule has 0 amide bonds. The van der Waals surface area contributed by atoms with Crippen LogP contribution in [0, 0.1) is 0 Å². The van der Waals surface area contributed by atoms with Gasteiger partial charge in [0.15, 0.2) is 0 Å². The number of piperidine rings is 1. The first kappa shape index (κ1) is 18.7. The Morgan fingerprint density at radius 2 is 1.79 bits per heavy atom. The third-order valence-electron chi connectivity index (χ3n) is 5.22. The number of nitrogens with zero attached hydrogens (tertiary/aromatic N) is 2. The monoisotopic (exact) mass is 379 g/mol. The highest BCUT2D eigenvalue weighted by Gasteiger charge is 2.39. The molecule has 6 nitrogen and oxygen atoms in total. The Balaban J connectivity index is 1.46. The van der Waals surface area contributed by atoms with E-state index in [1.807, 2.05) is 54.6 Å². The Hall–Kier alpha value is -2.70. The van der Waals surface area contributed by atoms with E-state index in [1.165, 1.54) is 0 Å². The molecule has 2 heterocycles. The van der Waals surface area contributed by atoms with Crippen molar-refractivity contribution in [1.29, 1.82) is 0 Å². The van der Waals surface area contributed by atoms with E-state index in [4.69, 9.17) is 19.0 Å². The summed E-state index contributed by atoms with van der Waals surface area (Å²) in [7, 11) is 1.72. The average molecular weight is 379 g/mol. The Morgan fingerprint density at radius 3 is 2.50 bits per heavy atom. The molecule has 4 rings (SSSR count). The molecule has 0 aliphatic carbocycles. The predicted octanol–water partition coefficient (Wildman–Crippen LogP) is 3.58. The van der Waals surface area contributed by atoms with Gasteiger partial charge in [0.25, 0.3) is 0 Å².